The first-order valence-corrected chi connectivity index (χ1v) is 6.94. The van der Waals surface area contributed by atoms with Crippen molar-refractivity contribution in [2.45, 2.75) is 12.8 Å². The van der Waals surface area contributed by atoms with Crippen LogP contribution in [-0.4, -0.2) is 10.8 Å². The highest BCUT2D eigenvalue weighted by Crippen LogP contribution is 2.19. The quantitative estimate of drug-likeness (QED) is 0.584. The molecular weight excluding hydrogens is 260 g/mol. The topological polar surface area (TPSA) is 56.0 Å². The second kappa shape index (κ2) is 5.75. The molecule has 0 unspecified atom stereocenters. The van der Waals surface area contributed by atoms with Crippen molar-refractivity contribution in [2.24, 2.45) is 0 Å². The molecule has 0 fully saturated rings. The second-order valence-electron chi connectivity index (χ2n) is 5.07. The van der Waals surface area contributed by atoms with E-state index in [1.807, 2.05) is 48.5 Å². The minimum Gasteiger partial charge on any atom is -0.399 e. The van der Waals surface area contributed by atoms with Crippen LogP contribution >= 0.6 is 0 Å². The SMILES string of the molecule is Nc1ccc(CCC(=O)c2cccc3ccncc23)cc1. The molecule has 0 amide bonds. The fourth-order valence-electron chi connectivity index (χ4n) is 2.43. The smallest absolute Gasteiger partial charge is 0.163 e. The Balaban J connectivity index is 1.79. The Morgan fingerprint density at radius 1 is 1.05 bits per heavy atom. The number of aromatic nitrogens is 1. The van der Waals surface area contributed by atoms with Gasteiger partial charge in [-0.05, 0) is 35.6 Å². The van der Waals surface area contributed by atoms with E-state index < -0.39 is 0 Å². The Bertz CT molecular complexity index is 773. The summed E-state index contributed by atoms with van der Waals surface area (Å²) in [7, 11) is 0. The van der Waals surface area contributed by atoms with Crippen LogP contribution in [0.5, 0.6) is 0 Å². The van der Waals surface area contributed by atoms with E-state index in [0.717, 1.165) is 34.0 Å². The maximum Gasteiger partial charge on any atom is 0.163 e. The van der Waals surface area contributed by atoms with Gasteiger partial charge >= 0.3 is 0 Å². The average Bonchev–Trinajstić information content (AvgIpc) is 2.53. The first kappa shape index (κ1) is 13.3. The number of ketones is 1. The molecule has 0 saturated heterocycles. The molecule has 0 atom stereocenters. The Morgan fingerprint density at radius 2 is 1.86 bits per heavy atom. The van der Waals surface area contributed by atoms with Gasteiger partial charge < -0.3 is 5.73 Å². The van der Waals surface area contributed by atoms with Crippen molar-refractivity contribution in [3.05, 3.63) is 72.1 Å². The number of pyridine rings is 1. The van der Waals surface area contributed by atoms with E-state index in [9.17, 15) is 4.79 Å². The lowest BCUT2D eigenvalue weighted by molar-refractivity contribution is 0.0984. The molecule has 104 valence electrons. The lowest BCUT2D eigenvalue weighted by atomic mass is 9.98. The molecule has 0 aliphatic heterocycles. The monoisotopic (exact) mass is 276 g/mol. The van der Waals surface area contributed by atoms with Crippen molar-refractivity contribution in [3.63, 3.8) is 0 Å². The van der Waals surface area contributed by atoms with Crippen LogP contribution in [0.4, 0.5) is 5.69 Å². The fourth-order valence-corrected chi connectivity index (χ4v) is 2.43. The molecule has 2 aromatic carbocycles. The summed E-state index contributed by atoms with van der Waals surface area (Å²) in [6.45, 7) is 0. The molecule has 0 radical (unpaired) electrons. The first-order valence-electron chi connectivity index (χ1n) is 6.94. The largest absolute Gasteiger partial charge is 0.399 e. The number of fused-ring (bicyclic) bond motifs is 1. The standard InChI is InChI=1S/C18H16N2O/c19-15-7-4-13(5-8-15)6-9-18(21)16-3-1-2-14-10-11-20-12-17(14)16/h1-5,7-8,10-12H,6,9,19H2. The van der Waals surface area contributed by atoms with Crippen molar-refractivity contribution >= 4 is 22.2 Å². The number of benzene rings is 2. The Labute approximate surface area is 123 Å². The molecule has 3 aromatic rings. The maximum atomic E-state index is 12.4. The van der Waals surface area contributed by atoms with Crippen LogP contribution in [0, 0.1) is 0 Å². The number of carbonyl (C=O) groups excluding carboxylic acids is 1. The summed E-state index contributed by atoms with van der Waals surface area (Å²) >= 11 is 0. The van der Waals surface area contributed by atoms with Crippen molar-refractivity contribution in [3.8, 4) is 0 Å². The number of nitrogens with two attached hydrogens (primary N) is 1. The Morgan fingerprint density at radius 3 is 2.67 bits per heavy atom. The van der Waals surface area contributed by atoms with Crippen molar-refractivity contribution in [1.82, 2.24) is 4.98 Å². The second-order valence-corrected chi connectivity index (χ2v) is 5.07. The van der Waals surface area contributed by atoms with Gasteiger partial charge in [-0.3, -0.25) is 9.78 Å². The van der Waals surface area contributed by atoms with Crippen LogP contribution in [0.2, 0.25) is 0 Å². The summed E-state index contributed by atoms with van der Waals surface area (Å²) in [5.74, 6) is 0.144. The average molecular weight is 276 g/mol. The van der Waals surface area contributed by atoms with Gasteiger partial charge in [-0.2, -0.15) is 0 Å². The summed E-state index contributed by atoms with van der Waals surface area (Å²) in [6.07, 6.45) is 4.70. The summed E-state index contributed by atoms with van der Waals surface area (Å²) in [5, 5.41) is 1.96. The zero-order chi connectivity index (χ0) is 14.7. The van der Waals surface area contributed by atoms with Gasteiger partial charge in [0, 0.05) is 35.5 Å². The predicted molar refractivity (Wildman–Crippen MR) is 85.2 cm³/mol. The molecule has 0 aliphatic carbocycles. The van der Waals surface area contributed by atoms with E-state index in [4.69, 9.17) is 5.73 Å². The molecule has 3 heteroatoms. The third-order valence-corrected chi connectivity index (χ3v) is 3.60. The summed E-state index contributed by atoms with van der Waals surface area (Å²) in [6, 6.07) is 15.4. The number of Topliss-reactive ketones (excluding diaryl/α,β-unsaturated/α-hetero) is 1. The van der Waals surface area contributed by atoms with Crippen LogP contribution < -0.4 is 5.73 Å². The van der Waals surface area contributed by atoms with E-state index >= 15 is 0 Å². The van der Waals surface area contributed by atoms with Gasteiger partial charge in [0.15, 0.2) is 5.78 Å². The van der Waals surface area contributed by atoms with Crippen molar-refractivity contribution in [1.29, 1.82) is 0 Å². The fraction of sp³-hybridized carbons (Fsp3) is 0.111. The molecule has 0 spiro atoms. The number of hydrogen-bond acceptors (Lipinski definition) is 3. The molecular formula is C18H16N2O. The number of anilines is 1. The third kappa shape index (κ3) is 2.92. The van der Waals surface area contributed by atoms with E-state index in [2.05, 4.69) is 4.98 Å². The molecule has 0 bridgehead atoms. The molecule has 0 aliphatic rings. The lowest BCUT2D eigenvalue weighted by Gasteiger charge is -2.06. The molecule has 1 heterocycles. The minimum atomic E-state index is 0.144. The zero-order valence-electron chi connectivity index (χ0n) is 11.6. The number of carbonyl (C=O) groups is 1. The molecule has 0 saturated carbocycles. The molecule has 21 heavy (non-hydrogen) atoms. The van der Waals surface area contributed by atoms with E-state index in [1.54, 1.807) is 12.4 Å². The number of nitrogen functional groups attached to an aromatic ring is 1. The van der Waals surface area contributed by atoms with E-state index in [1.165, 1.54) is 0 Å². The van der Waals surface area contributed by atoms with Crippen LogP contribution in [-0.2, 0) is 6.42 Å². The summed E-state index contributed by atoms with van der Waals surface area (Å²) < 4.78 is 0. The molecule has 1 aromatic heterocycles. The van der Waals surface area contributed by atoms with Crippen LogP contribution in [0.1, 0.15) is 22.3 Å². The predicted octanol–water partition coefficient (Wildman–Crippen LogP) is 3.63. The van der Waals surface area contributed by atoms with Gasteiger partial charge in [-0.1, -0.05) is 30.3 Å². The van der Waals surface area contributed by atoms with Gasteiger partial charge in [0.05, 0.1) is 0 Å². The van der Waals surface area contributed by atoms with Crippen molar-refractivity contribution in [2.75, 3.05) is 5.73 Å². The zero-order valence-corrected chi connectivity index (χ0v) is 11.6. The van der Waals surface area contributed by atoms with Gasteiger partial charge in [0.1, 0.15) is 0 Å². The minimum absolute atomic E-state index is 0.144. The highest BCUT2D eigenvalue weighted by molar-refractivity contribution is 6.07. The van der Waals surface area contributed by atoms with Gasteiger partial charge in [0.25, 0.3) is 0 Å². The maximum absolute atomic E-state index is 12.4. The number of aryl methyl sites for hydroxylation is 1. The van der Waals surface area contributed by atoms with Gasteiger partial charge in [-0.15, -0.1) is 0 Å². The van der Waals surface area contributed by atoms with Gasteiger partial charge in [0.2, 0.25) is 0 Å². The Hall–Kier alpha value is -2.68. The highest BCUT2D eigenvalue weighted by Gasteiger charge is 2.10. The van der Waals surface area contributed by atoms with Crippen LogP contribution in [0.3, 0.4) is 0 Å². The highest BCUT2D eigenvalue weighted by atomic mass is 16.1. The molecule has 3 nitrogen and oxygen atoms in total. The summed E-state index contributed by atoms with van der Waals surface area (Å²) in [4.78, 5) is 16.6. The van der Waals surface area contributed by atoms with E-state index in [0.29, 0.717) is 6.42 Å². The van der Waals surface area contributed by atoms with Crippen LogP contribution in [0.25, 0.3) is 10.8 Å². The van der Waals surface area contributed by atoms with Crippen molar-refractivity contribution < 1.29 is 4.79 Å². The first-order chi connectivity index (χ1) is 10.2. The number of nitrogens with zero attached hydrogens (tertiary/aromatic N) is 1. The molecule has 3 rings (SSSR count). The summed E-state index contributed by atoms with van der Waals surface area (Å²) in [5.41, 5.74) is 8.27. The van der Waals surface area contributed by atoms with Gasteiger partial charge in [-0.25, -0.2) is 0 Å². The van der Waals surface area contributed by atoms with Crippen LogP contribution in [0.15, 0.2) is 60.9 Å². The Kier molecular flexibility index (Phi) is 3.65. The van der Waals surface area contributed by atoms with E-state index in [-0.39, 0.29) is 5.78 Å². The third-order valence-electron chi connectivity index (χ3n) is 3.60. The lowest BCUT2D eigenvalue weighted by Crippen LogP contribution is -2.02. The molecule has 2 N–H and O–H groups in total. The normalized spacial score (nSPS) is 10.7. The number of hydrogen-bond donors (Lipinski definition) is 1. The number of rotatable bonds is 4.